The molecule has 0 aromatic carbocycles. The average molecular weight is 308 g/mol. The zero-order chi connectivity index (χ0) is 16.6. The van der Waals surface area contributed by atoms with E-state index in [4.69, 9.17) is 11.2 Å². The van der Waals surface area contributed by atoms with Gasteiger partial charge < -0.3 is 15.4 Å². The zero-order valence-corrected chi connectivity index (χ0v) is 14.6. The van der Waals surface area contributed by atoms with E-state index in [9.17, 15) is 4.79 Å². The summed E-state index contributed by atoms with van der Waals surface area (Å²) in [6, 6.07) is 0.522. The van der Waals surface area contributed by atoms with Crippen molar-refractivity contribution in [3.63, 3.8) is 0 Å². The minimum atomic E-state index is -0.454. The summed E-state index contributed by atoms with van der Waals surface area (Å²) in [7, 11) is 0. The van der Waals surface area contributed by atoms with E-state index < -0.39 is 5.60 Å². The Bertz CT molecular complexity index is 382. The topological polar surface area (TPSA) is 50.4 Å². The molecule has 1 aliphatic carbocycles. The molecule has 0 saturated heterocycles. The van der Waals surface area contributed by atoms with Gasteiger partial charge in [0.1, 0.15) is 5.60 Å². The Labute approximate surface area is 135 Å². The molecule has 0 bridgehead atoms. The van der Waals surface area contributed by atoms with Crippen LogP contribution in [0.4, 0.5) is 4.79 Å². The molecular weight excluding hydrogens is 276 g/mol. The fourth-order valence-electron chi connectivity index (χ4n) is 2.96. The number of rotatable bonds is 6. The number of alkyl carbamates (subject to hydrolysis) is 1. The largest absolute Gasteiger partial charge is 0.444 e. The van der Waals surface area contributed by atoms with Crippen molar-refractivity contribution in [1.82, 2.24) is 10.6 Å². The quantitative estimate of drug-likeness (QED) is 0.739. The SMILES string of the molecule is C#CC(CCC)NC1CCCCC1CNC(=O)OC(C)(C)C. The highest BCUT2D eigenvalue weighted by atomic mass is 16.6. The monoisotopic (exact) mass is 308 g/mol. The number of carbonyl (C=O) groups is 1. The molecule has 0 spiro atoms. The number of amides is 1. The molecule has 1 saturated carbocycles. The van der Waals surface area contributed by atoms with Gasteiger partial charge in [0.25, 0.3) is 0 Å². The van der Waals surface area contributed by atoms with E-state index in [0.717, 1.165) is 25.7 Å². The van der Waals surface area contributed by atoms with Crippen molar-refractivity contribution in [3.8, 4) is 12.3 Å². The maximum atomic E-state index is 11.8. The second-order valence-electron chi connectivity index (χ2n) is 7.21. The minimum Gasteiger partial charge on any atom is -0.444 e. The summed E-state index contributed by atoms with van der Waals surface area (Å²) in [5.74, 6) is 3.27. The van der Waals surface area contributed by atoms with Crippen molar-refractivity contribution in [2.45, 2.75) is 83.9 Å². The Kier molecular flexibility index (Phi) is 7.75. The Morgan fingerprint density at radius 1 is 1.36 bits per heavy atom. The summed E-state index contributed by atoms with van der Waals surface area (Å²) in [4.78, 5) is 11.8. The summed E-state index contributed by atoms with van der Waals surface area (Å²) in [5.41, 5.74) is -0.454. The lowest BCUT2D eigenvalue weighted by Gasteiger charge is -2.34. The first-order chi connectivity index (χ1) is 10.4. The first kappa shape index (κ1) is 18.8. The van der Waals surface area contributed by atoms with Crippen molar-refractivity contribution in [3.05, 3.63) is 0 Å². The van der Waals surface area contributed by atoms with Gasteiger partial charge in [0.05, 0.1) is 6.04 Å². The van der Waals surface area contributed by atoms with E-state index >= 15 is 0 Å². The highest BCUT2D eigenvalue weighted by molar-refractivity contribution is 5.67. The van der Waals surface area contributed by atoms with Gasteiger partial charge in [-0.3, -0.25) is 0 Å². The highest BCUT2D eigenvalue weighted by Crippen LogP contribution is 2.24. The molecule has 1 fully saturated rings. The van der Waals surface area contributed by atoms with Crippen molar-refractivity contribution in [2.75, 3.05) is 6.54 Å². The van der Waals surface area contributed by atoms with Crippen LogP contribution in [0.2, 0.25) is 0 Å². The second kappa shape index (κ2) is 9.05. The van der Waals surface area contributed by atoms with Crippen LogP contribution in [0.5, 0.6) is 0 Å². The molecule has 1 rings (SSSR count). The molecule has 1 aliphatic rings. The molecule has 0 aromatic rings. The molecule has 3 atom stereocenters. The van der Waals surface area contributed by atoms with Gasteiger partial charge in [0, 0.05) is 12.6 Å². The van der Waals surface area contributed by atoms with Gasteiger partial charge in [-0.05, 0) is 46.0 Å². The fourth-order valence-corrected chi connectivity index (χ4v) is 2.96. The maximum Gasteiger partial charge on any atom is 0.407 e. The Balaban J connectivity index is 2.48. The third-order valence-corrected chi connectivity index (χ3v) is 4.01. The third-order valence-electron chi connectivity index (χ3n) is 4.01. The predicted molar refractivity (Wildman–Crippen MR) is 90.6 cm³/mol. The minimum absolute atomic E-state index is 0.136. The van der Waals surface area contributed by atoms with E-state index in [1.165, 1.54) is 12.8 Å². The molecule has 0 aliphatic heterocycles. The second-order valence-corrected chi connectivity index (χ2v) is 7.21. The van der Waals surface area contributed by atoms with Crippen LogP contribution in [-0.4, -0.2) is 30.3 Å². The standard InChI is InChI=1S/C18H32N2O2/c1-6-10-15(7-2)20-16-12-9-8-11-14(16)13-19-17(21)22-18(3,4)5/h2,14-16,20H,6,8-13H2,1,3-5H3,(H,19,21). The Morgan fingerprint density at radius 3 is 2.64 bits per heavy atom. The smallest absolute Gasteiger partial charge is 0.407 e. The number of hydrogen-bond donors (Lipinski definition) is 2. The van der Waals surface area contributed by atoms with Crippen LogP contribution in [-0.2, 0) is 4.74 Å². The molecule has 4 nitrogen and oxygen atoms in total. The molecule has 0 heterocycles. The van der Waals surface area contributed by atoms with Gasteiger partial charge in [-0.15, -0.1) is 6.42 Å². The number of ether oxygens (including phenoxy) is 1. The molecule has 0 aromatic heterocycles. The molecule has 3 unspecified atom stereocenters. The van der Waals surface area contributed by atoms with Crippen LogP contribution >= 0.6 is 0 Å². The van der Waals surface area contributed by atoms with Crippen molar-refractivity contribution in [2.24, 2.45) is 5.92 Å². The van der Waals surface area contributed by atoms with Crippen LogP contribution in [0.25, 0.3) is 0 Å². The van der Waals surface area contributed by atoms with Gasteiger partial charge >= 0.3 is 6.09 Å². The van der Waals surface area contributed by atoms with Gasteiger partial charge in [0.2, 0.25) is 0 Å². The molecule has 1 amide bonds. The zero-order valence-electron chi connectivity index (χ0n) is 14.6. The molecule has 126 valence electrons. The summed E-state index contributed by atoms with van der Waals surface area (Å²) in [6.07, 6.45) is 12.0. The maximum absolute atomic E-state index is 11.8. The molecule has 0 radical (unpaired) electrons. The molecule has 22 heavy (non-hydrogen) atoms. The summed E-state index contributed by atoms with van der Waals surface area (Å²) in [6.45, 7) is 8.42. The van der Waals surface area contributed by atoms with Crippen LogP contribution in [0, 0.1) is 18.3 Å². The highest BCUT2D eigenvalue weighted by Gasteiger charge is 2.27. The Morgan fingerprint density at radius 2 is 2.05 bits per heavy atom. The molecule has 2 N–H and O–H groups in total. The van der Waals surface area contributed by atoms with Crippen LogP contribution in [0.1, 0.15) is 66.2 Å². The fraction of sp³-hybridized carbons (Fsp3) is 0.833. The molecule has 4 heteroatoms. The van der Waals surface area contributed by atoms with Gasteiger partial charge in [-0.2, -0.15) is 0 Å². The van der Waals surface area contributed by atoms with E-state index in [1.54, 1.807) is 0 Å². The van der Waals surface area contributed by atoms with E-state index in [-0.39, 0.29) is 12.1 Å². The number of hydrogen-bond acceptors (Lipinski definition) is 3. The van der Waals surface area contributed by atoms with Crippen LogP contribution in [0.3, 0.4) is 0 Å². The van der Waals surface area contributed by atoms with Gasteiger partial charge in [-0.25, -0.2) is 4.79 Å². The van der Waals surface area contributed by atoms with Crippen molar-refractivity contribution < 1.29 is 9.53 Å². The summed E-state index contributed by atoms with van der Waals surface area (Å²) < 4.78 is 5.30. The number of nitrogens with one attached hydrogen (secondary N) is 2. The van der Waals surface area contributed by atoms with Crippen molar-refractivity contribution in [1.29, 1.82) is 0 Å². The van der Waals surface area contributed by atoms with Crippen molar-refractivity contribution >= 4 is 6.09 Å². The lowest BCUT2D eigenvalue weighted by molar-refractivity contribution is 0.0510. The van der Waals surface area contributed by atoms with Crippen LogP contribution < -0.4 is 10.6 Å². The lowest BCUT2D eigenvalue weighted by Crippen LogP contribution is -2.48. The van der Waals surface area contributed by atoms with E-state index in [2.05, 4.69) is 23.5 Å². The first-order valence-corrected chi connectivity index (χ1v) is 8.54. The first-order valence-electron chi connectivity index (χ1n) is 8.54. The summed E-state index contributed by atoms with van der Waals surface area (Å²) in [5, 5.41) is 6.51. The Hall–Kier alpha value is -1.21. The van der Waals surface area contributed by atoms with E-state index in [1.807, 2.05) is 20.8 Å². The van der Waals surface area contributed by atoms with E-state index in [0.29, 0.717) is 18.5 Å². The third kappa shape index (κ3) is 7.17. The number of carbonyl (C=O) groups excluding carboxylic acids is 1. The van der Waals surface area contributed by atoms with Gasteiger partial charge in [-0.1, -0.05) is 32.1 Å². The predicted octanol–water partition coefficient (Wildman–Crippen LogP) is 3.46. The summed E-state index contributed by atoms with van der Waals surface area (Å²) >= 11 is 0. The number of terminal acetylenes is 1. The lowest BCUT2D eigenvalue weighted by atomic mass is 9.84. The average Bonchev–Trinajstić information content (AvgIpc) is 2.44. The van der Waals surface area contributed by atoms with Crippen LogP contribution in [0.15, 0.2) is 0 Å². The van der Waals surface area contributed by atoms with Gasteiger partial charge in [0.15, 0.2) is 0 Å². The normalized spacial score (nSPS) is 23.4. The molecular formula is C18H32N2O2.